The van der Waals surface area contributed by atoms with Gasteiger partial charge in [-0.15, -0.1) is 0 Å². The first-order chi connectivity index (χ1) is 7.65. The third kappa shape index (κ3) is 1.58. The highest BCUT2D eigenvalue weighted by atomic mass is 127. The molecule has 0 amide bonds. The van der Waals surface area contributed by atoms with Crippen LogP contribution in [-0.2, 0) is 0 Å². The van der Waals surface area contributed by atoms with Crippen molar-refractivity contribution in [3.63, 3.8) is 0 Å². The molecular formula is C12H14INO2. The predicted octanol–water partition coefficient (Wildman–Crippen LogP) is 3.15. The molecule has 0 spiro atoms. The second-order valence-corrected chi connectivity index (χ2v) is 6.24. The highest BCUT2D eigenvalue weighted by Crippen LogP contribution is 2.51. The molecule has 1 aromatic rings. The minimum absolute atomic E-state index is 0.438. The van der Waals surface area contributed by atoms with E-state index in [2.05, 4.69) is 22.6 Å². The SMILES string of the molecule is O=C(O)c1cc(I)cn1C1CC2CCC1C2. The van der Waals surface area contributed by atoms with Gasteiger partial charge >= 0.3 is 5.97 Å². The Hall–Kier alpha value is -0.520. The van der Waals surface area contributed by atoms with E-state index in [1.54, 1.807) is 6.07 Å². The quantitative estimate of drug-likeness (QED) is 0.846. The van der Waals surface area contributed by atoms with Crippen molar-refractivity contribution >= 4 is 28.6 Å². The molecule has 1 N–H and O–H groups in total. The molecule has 3 atom stereocenters. The molecule has 16 heavy (non-hydrogen) atoms. The number of aromatic nitrogens is 1. The van der Waals surface area contributed by atoms with Crippen LogP contribution in [-0.4, -0.2) is 15.6 Å². The number of halogens is 1. The highest BCUT2D eigenvalue weighted by molar-refractivity contribution is 14.1. The van der Waals surface area contributed by atoms with E-state index in [0.29, 0.717) is 17.7 Å². The number of carboxylic acids is 1. The van der Waals surface area contributed by atoms with Crippen LogP contribution in [0.25, 0.3) is 0 Å². The van der Waals surface area contributed by atoms with E-state index < -0.39 is 5.97 Å². The topological polar surface area (TPSA) is 42.2 Å². The molecule has 3 nitrogen and oxygen atoms in total. The molecule has 0 radical (unpaired) electrons. The van der Waals surface area contributed by atoms with Crippen LogP contribution in [0.1, 0.15) is 42.2 Å². The Balaban J connectivity index is 1.97. The van der Waals surface area contributed by atoms with Crippen LogP contribution in [0, 0.1) is 15.4 Å². The lowest BCUT2D eigenvalue weighted by molar-refractivity contribution is 0.0680. The summed E-state index contributed by atoms with van der Waals surface area (Å²) in [5.41, 5.74) is 0.460. The molecular weight excluding hydrogens is 317 g/mol. The molecule has 1 aromatic heterocycles. The molecule has 4 heteroatoms. The van der Waals surface area contributed by atoms with Gasteiger partial charge in [0, 0.05) is 15.8 Å². The van der Waals surface area contributed by atoms with Crippen LogP contribution in [0.15, 0.2) is 12.3 Å². The first-order valence-corrected chi connectivity index (χ1v) is 6.83. The lowest BCUT2D eigenvalue weighted by Crippen LogP contribution is -2.19. The Morgan fingerprint density at radius 3 is 2.81 bits per heavy atom. The third-order valence-corrected chi connectivity index (χ3v) is 4.68. The zero-order valence-corrected chi connectivity index (χ0v) is 11.1. The molecule has 2 bridgehead atoms. The fraction of sp³-hybridized carbons (Fsp3) is 0.583. The van der Waals surface area contributed by atoms with Gasteiger partial charge < -0.3 is 9.67 Å². The molecule has 86 valence electrons. The van der Waals surface area contributed by atoms with Crippen LogP contribution in [0.2, 0.25) is 0 Å². The zero-order valence-electron chi connectivity index (χ0n) is 8.90. The van der Waals surface area contributed by atoms with Gasteiger partial charge in [0.1, 0.15) is 5.69 Å². The molecule has 2 fully saturated rings. The van der Waals surface area contributed by atoms with Gasteiger partial charge in [-0.05, 0) is 59.8 Å². The molecule has 0 saturated heterocycles. The molecule has 1 heterocycles. The summed E-state index contributed by atoms with van der Waals surface area (Å²) in [6, 6.07) is 2.21. The van der Waals surface area contributed by atoms with Crippen molar-refractivity contribution in [2.24, 2.45) is 11.8 Å². The van der Waals surface area contributed by atoms with E-state index in [4.69, 9.17) is 0 Å². The molecule has 3 unspecified atom stereocenters. The number of hydrogen-bond acceptors (Lipinski definition) is 1. The summed E-state index contributed by atoms with van der Waals surface area (Å²) in [5, 5.41) is 9.19. The Morgan fingerprint density at radius 1 is 1.44 bits per heavy atom. The lowest BCUT2D eigenvalue weighted by atomic mass is 9.95. The lowest BCUT2D eigenvalue weighted by Gasteiger charge is -2.24. The van der Waals surface area contributed by atoms with Crippen LogP contribution < -0.4 is 0 Å². The Morgan fingerprint density at radius 2 is 2.25 bits per heavy atom. The number of fused-ring (bicyclic) bond motifs is 2. The Labute approximate surface area is 108 Å². The summed E-state index contributed by atoms with van der Waals surface area (Å²) in [7, 11) is 0. The van der Waals surface area contributed by atoms with Crippen molar-refractivity contribution in [3.05, 3.63) is 21.5 Å². The normalized spacial score (nSPS) is 32.2. The number of rotatable bonds is 2. The van der Waals surface area contributed by atoms with E-state index in [0.717, 1.165) is 9.49 Å². The molecule has 0 aliphatic heterocycles. The zero-order chi connectivity index (χ0) is 11.3. The number of nitrogens with zero attached hydrogens (tertiary/aromatic N) is 1. The number of aromatic carboxylic acids is 1. The van der Waals surface area contributed by atoms with Gasteiger partial charge in [0.2, 0.25) is 0 Å². The van der Waals surface area contributed by atoms with Gasteiger partial charge in [-0.1, -0.05) is 6.42 Å². The Bertz CT molecular complexity index is 440. The van der Waals surface area contributed by atoms with Crippen molar-refractivity contribution in [2.75, 3.05) is 0 Å². The van der Waals surface area contributed by atoms with Gasteiger partial charge in [0.05, 0.1) is 0 Å². The predicted molar refractivity (Wildman–Crippen MR) is 68.6 cm³/mol. The second-order valence-electron chi connectivity index (χ2n) is 5.00. The highest BCUT2D eigenvalue weighted by Gasteiger charge is 2.41. The average molecular weight is 331 g/mol. The molecule has 3 rings (SSSR count). The van der Waals surface area contributed by atoms with Crippen molar-refractivity contribution in [3.8, 4) is 0 Å². The second kappa shape index (κ2) is 3.75. The summed E-state index contributed by atoms with van der Waals surface area (Å²) < 4.78 is 3.03. The van der Waals surface area contributed by atoms with E-state index in [1.165, 1.54) is 25.7 Å². The van der Waals surface area contributed by atoms with E-state index >= 15 is 0 Å². The number of hydrogen-bond donors (Lipinski definition) is 1. The van der Waals surface area contributed by atoms with E-state index in [-0.39, 0.29) is 0 Å². The smallest absolute Gasteiger partial charge is 0.352 e. The van der Waals surface area contributed by atoms with Gasteiger partial charge in [0.25, 0.3) is 0 Å². The summed E-state index contributed by atoms with van der Waals surface area (Å²) in [4.78, 5) is 11.2. The minimum Gasteiger partial charge on any atom is -0.477 e. The number of carboxylic acid groups (broad SMARTS) is 1. The maximum atomic E-state index is 11.2. The van der Waals surface area contributed by atoms with Gasteiger partial charge in [-0.2, -0.15) is 0 Å². The molecule has 2 aliphatic carbocycles. The van der Waals surface area contributed by atoms with Crippen LogP contribution >= 0.6 is 22.6 Å². The largest absolute Gasteiger partial charge is 0.477 e. The van der Waals surface area contributed by atoms with E-state index in [9.17, 15) is 9.90 Å². The van der Waals surface area contributed by atoms with Crippen molar-refractivity contribution in [1.29, 1.82) is 0 Å². The fourth-order valence-corrected chi connectivity index (χ4v) is 4.04. The number of carbonyl (C=O) groups is 1. The first kappa shape index (κ1) is 10.6. The summed E-state index contributed by atoms with van der Waals surface area (Å²) in [6.45, 7) is 0. The van der Waals surface area contributed by atoms with Crippen LogP contribution in [0.4, 0.5) is 0 Å². The standard InChI is InChI=1S/C12H14INO2/c13-9-5-11(12(15)16)14(6-9)10-4-7-1-2-8(10)3-7/h5-8,10H,1-4H2,(H,15,16). The fourth-order valence-electron chi connectivity index (χ4n) is 3.44. The van der Waals surface area contributed by atoms with Crippen LogP contribution in [0.5, 0.6) is 0 Å². The van der Waals surface area contributed by atoms with Gasteiger partial charge in [-0.3, -0.25) is 0 Å². The summed E-state index contributed by atoms with van der Waals surface area (Å²) in [6.07, 6.45) is 7.11. The maximum Gasteiger partial charge on any atom is 0.352 e. The summed E-state index contributed by atoms with van der Waals surface area (Å²) in [5.74, 6) is 0.758. The van der Waals surface area contributed by atoms with Crippen LogP contribution in [0.3, 0.4) is 0 Å². The maximum absolute atomic E-state index is 11.2. The third-order valence-electron chi connectivity index (χ3n) is 4.09. The molecule has 2 saturated carbocycles. The average Bonchev–Trinajstić information content (AvgIpc) is 2.89. The Kier molecular flexibility index (Phi) is 2.49. The van der Waals surface area contributed by atoms with Crippen molar-refractivity contribution < 1.29 is 9.90 Å². The monoisotopic (exact) mass is 331 g/mol. The molecule has 2 aliphatic rings. The van der Waals surface area contributed by atoms with Gasteiger partial charge in [0.15, 0.2) is 0 Å². The van der Waals surface area contributed by atoms with Crippen molar-refractivity contribution in [2.45, 2.75) is 31.7 Å². The minimum atomic E-state index is -0.800. The van der Waals surface area contributed by atoms with Gasteiger partial charge in [-0.25, -0.2) is 4.79 Å². The van der Waals surface area contributed by atoms with Crippen molar-refractivity contribution in [1.82, 2.24) is 4.57 Å². The molecule has 0 aromatic carbocycles. The van der Waals surface area contributed by atoms with E-state index in [1.807, 2.05) is 10.8 Å². The summed E-state index contributed by atoms with van der Waals surface area (Å²) >= 11 is 2.19. The first-order valence-electron chi connectivity index (χ1n) is 5.76.